The summed E-state index contributed by atoms with van der Waals surface area (Å²) < 4.78 is 0. The van der Waals surface area contributed by atoms with Crippen molar-refractivity contribution in [1.82, 2.24) is 10.3 Å². The molecule has 1 heterocycles. The van der Waals surface area contributed by atoms with Crippen molar-refractivity contribution in [3.05, 3.63) is 41.7 Å². The second-order valence-electron chi connectivity index (χ2n) is 3.94. The number of halogens is 1. The Morgan fingerprint density at radius 1 is 1.69 bits per heavy atom. The van der Waals surface area contributed by atoms with Gasteiger partial charge in [0.2, 0.25) is 5.91 Å². The maximum atomic E-state index is 11.3. The fraction of sp³-hybridized carbons (Fsp3) is 0.333. The zero-order valence-corrected chi connectivity index (χ0v) is 9.57. The van der Waals surface area contributed by atoms with Crippen LogP contribution in [0.2, 0.25) is 5.15 Å². The monoisotopic (exact) mass is 236 g/mol. The van der Waals surface area contributed by atoms with Crippen LogP contribution in [0.5, 0.6) is 0 Å². The second kappa shape index (κ2) is 4.66. The predicted octanol–water partition coefficient (Wildman–Crippen LogP) is 2.49. The SMILES string of the molecule is C=CC(=O)N[C@@H](c1ccnc(Cl)c1)C1CC1. The molecule has 1 aromatic rings. The van der Waals surface area contributed by atoms with Crippen molar-refractivity contribution >= 4 is 17.5 Å². The molecule has 0 radical (unpaired) electrons. The molecular formula is C12H13ClN2O. The summed E-state index contributed by atoms with van der Waals surface area (Å²) in [6.07, 6.45) is 5.23. The molecule has 84 valence electrons. The summed E-state index contributed by atoms with van der Waals surface area (Å²) in [7, 11) is 0. The van der Waals surface area contributed by atoms with Crippen LogP contribution in [0.3, 0.4) is 0 Å². The Hall–Kier alpha value is -1.35. The van der Waals surface area contributed by atoms with E-state index in [1.54, 1.807) is 12.3 Å². The molecule has 1 aliphatic rings. The van der Waals surface area contributed by atoms with E-state index in [0.29, 0.717) is 11.1 Å². The van der Waals surface area contributed by atoms with Crippen LogP contribution in [0.15, 0.2) is 31.0 Å². The molecule has 4 heteroatoms. The number of nitrogens with one attached hydrogen (secondary N) is 1. The highest BCUT2D eigenvalue weighted by atomic mass is 35.5. The lowest BCUT2D eigenvalue weighted by Crippen LogP contribution is -2.28. The number of rotatable bonds is 4. The van der Waals surface area contributed by atoms with Gasteiger partial charge in [0, 0.05) is 6.20 Å². The zero-order valence-electron chi connectivity index (χ0n) is 8.82. The first-order valence-electron chi connectivity index (χ1n) is 5.25. The van der Waals surface area contributed by atoms with Crippen LogP contribution in [0.4, 0.5) is 0 Å². The Morgan fingerprint density at radius 2 is 2.44 bits per heavy atom. The molecule has 1 fully saturated rings. The van der Waals surface area contributed by atoms with E-state index in [4.69, 9.17) is 11.6 Å². The minimum Gasteiger partial charge on any atom is -0.345 e. The molecule has 1 N–H and O–H groups in total. The minimum absolute atomic E-state index is 0.0333. The van der Waals surface area contributed by atoms with Crippen molar-refractivity contribution < 1.29 is 4.79 Å². The number of aromatic nitrogens is 1. The third kappa shape index (κ3) is 2.61. The molecule has 0 unspecified atom stereocenters. The fourth-order valence-electron chi connectivity index (χ4n) is 1.73. The highest BCUT2D eigenvalue weighted by Crippen LogP contribution is 2.41. The minimum atomic E-state index is -0.148. The van der Waals surface area contributed by atoms with Gasteiger partial charge in [-0.1, -0.05) is 18.2 Å². The molecule has 1 atom stereocenters. The third-order valence-electron chi connectivity index (χ3n) is 2.69. The van der Waals surface area contributed by atoms with Crippen LogP contribution in [-0.2, 0) is 4.79 Å². The van der Waals surface area contributed by atoms with Crippen LogP contribution in [0.25, 0.3) is 0 Å². The van der Waals surface area contributed by atoms with Crippen LogP contribution in [0, 0.1) is 5.92 Å². The molecule has 0 saturated heterocycles. The van der Waals surface area contributed by atoms with Crippen molar-refractivity contribution in [3.63, 3.8) is 0 Å². The van der Waals surface area contributed by atoms with Crippen LogP contribution in [-0.4, -0.2) is 10.9 Å². The van der Waals surface area contributed by atoms with Crippen molar-refractivity contribution in [1.29, 1.82) is 0 Å². The molecule has 0 aliphatic heterocycles. The number of carbonyl (C=O) groups is 1. The summed E-state index contributed by atoms with van der Waals surface area (Å²) in [5.74, 6) is 0.368. The summed E-state index contributed by atoms with van der Waals surface area (Å²) in [5, 5.41) is 3.38. The standard InChI is InChI=1S/C12H13ClN2O/c1-2-11(16)15-12(8-3-4-8)9-5-6-14-10(13)7-9/h2,5-8,12H,1,3-4H2,(H,15,16)/t12-/m1/s1. The van der Waals surface area contributed by atoms with E-state index < -0.39 is 0 Å². The first-order chi connectivity index (χ1) is 7.70. The van der Waals surface area contributed by atoms with E-state index in [1.807, 2.05) is 6.07 Å². The molecule has 3 nitrogen and oxygen atoms in total. The molecule has 0 aromatic carbocycles. The summed E-state index contributed by atoms with van der Waals surface area (Å²) >= 11 is 5.84. The Balaban J connectivity index is 2.18. The molecule has 0 bridgehead atoms. The topological polar surface area (TPSA) is 42.0 Å². The molecular weight excluding hydrogens is 224 g/mol. The van der Waals surface area contributed by atoms with Crippen molar-refractivity contribution in [2.75, 3.05) is 0 Å². The Morgan fingerprint density at radius 3 is 3.00 bits per heavy atom. The van der Waals surface area contributed by atoms with Gasteiger partial charge in [-0.3, -0.25) is 4.79 Å². The molecule has 1 aliphatic carbocycles. The Kier molecular flexibility index (Phi) is 3.25. The van der Waals surface area contributed by atoms with Gasteiger partial charge in [0.05, 0.1) is 6.04 Å². The lowest BCUT2D eigenvalue weighted by Gasteiger charge is -2.17. The highest BCUT2D eigenvalue weighted by molar-refractivity contribution is 6.29. The molecule has 1 amide bonds. The summed E-state index contributed by atoms with van der Waals surface area (Å²) in [4.78, 5) is 15.3. The summed E-state index contributed by atoms with van der Waals surface area (Å²) in [6.45, 7) is 3.45. The van der Waals surface area contributed by atoms with Gasteiger partial charge in [-0.25, -0.2) is 4.98 Å². The largest absolute Gasteiger partial charge is 0.345 e. The quantitative estimate of drug-likeness (QED) is 0.645. The second-order valence-corrected chi connectivity index (χ2v) is 4.33. The van der Waals surface area contributed by atoms with E-state index in [1.165, 1.54) is 6.08 Å². The van der Waals surface area contributed by atoms with Gasteiger partial charge in [0.1, 0.15) is 5.15 Å². The third-order valence-corrected chi connectivity index (χ3v) is 2.89. The van der Waals surface area contributed by atoms with Crippen LogP contribution < -0.4 is 5.32 Å². The van der Waals surface area contributed by atoms with Crippen LogP contribution >= 0.6 is 11.6 Å². The molecule has 16 heavy (non-hydrogen) atoms. The van der Waals surface area contributed by atoms with Gasteiger partial charge >= 0.3 is 0 Å². The summed E-state index contributed by atoms with van der Waals surface area (Å²) in [5.41, 5.74) is 1.01. The number of amides is 1. The van der Waals surface area contributed by atoms with Crippen LogP contribution in [0.1, 0.15) is 24.4 Å². The van der Waals surface area contributed by atoms with Gasteiger partial charge in [0.15, 0.2) is 0 Å². The normalized spacial score (nSPS) is 16.6. The smallest absolute Gasteiger partial charge is 0.243 e. The van der Waals surface area contributed by atoms with Gasteiger partial charge in [-0.15, -0.1) is 0 Å². The molecule has 1 saturated carbocycles. The number of pyridine rings is 1. The molecule has 2 rings (SSSR count). The maximum Gasteiger partial charge on any atom is 0.243 e. The highest BCUT2D eigenvalue weighted by Gasteiger charge is 2.33. The number of hydrogen-bond acceptors (Lipinski definition) is 2. The van der Waals surface area contributed by atoms with Crippen molar-refractivity contribution in [3.8, 4) is 0 Å². The van der Waals surface area contributed by atoms with Gasteiger partial charge < -0.3 is 5.32 Å². The van der Waals surface area contributed by atoms with Crippen molar-refractivity contribution in [2.24, 2.45) is 5.92 Å². The van der Waals surface area contributed by atoms with Gasteiger partial charge in [0.25, 0.3) is 0 Å². The Labute approximate surface area is 99.5 Å². The van der Waals surface area contributed by atoms with E-state index in [0.717, 1.165) is 18.4 Å². The van der Waals surface area contributed by atoms with E-state index in [9.17, 15) is 4.79 Å². The molecule has 1 aromatic heterocycles. The van der Waals surface area contributed by atoms with Gasteiger partial charge in [-0.2, -0.15) is 0 Å². The first-order valence-corrected chi connectivity index (χ1v) is 5.63. The van der Waals surface area contributed by atoms with E-state index in [2.05, 4.69) is 16.9 Å². The summed E-state index contributed by atoms with van der Waals surface area (Å²) in [6, 6.07) is 3.72. The number of hydrogen-bond donors (Lipinski definition) is 1. The molecule has 0 spiro atoms. The van der Waals surface area contributed by atoms with Crippen molar-refractivity contribution in [2.45, 2.75) is 18.9 Å². The maximum absolute atomic E-state index is 11.3. The van der Waals surface area contributed by atoms with E-state index in [-0.39, 0.29) is 11.9 Å². The fourth-order valence-corrected chi connectivity index (χ4v) is 1.91. The average molecular weight is 237 g/mol. The number of carbonyl (C=O) groups excluding carboxylic acids is 1. The predicted molar refractivity (Wildman–Crippen MR) is 63.1 cm³/mol. The Bertz CT molecular complexity index is 415. The number of nitrogens with zero attached hydrogens (tertiary/aromatic N) is 1. The van der Waals surface area contributed by atoms with Gasteiger partial charge in [-0.05, 0) is 42.5 Å². The van der Waals surface area contributed by atoms with E-state index >= 15 is 0 Å². The average Bonchev–Trinajstić information content (AvgIpc) is 3.09. The zero-order chi connectivity index (χ0) is 11.5. The lowest BCUT2D eigenvalue weighted by molar-refractivity contribution is -0.117. The lowest BCUT2D eigenvalue weighted by atomic mass is 10.0. The first kappa shape index (κ1) is 11.1.